The Morgan fingerprint density at radius 1 is 0.814 bits per heavy atom. The molecule has 0 amide bonds. The van der Waals surface area contributed by atoms with E-state index in [9.17, 15) is 19.5 Å². The first-order valence-corrected chi connectivity index (χ1v) is 17.5. The van der Waals surface area contributed by atoms with Crippen molar-refractivity contribution in [2.75, 3.05) is 6.61 Å². The van der Waals surface area contributed by atoms with E-state index < -0.39 is 11.9 Å². The van der Waals surface area contributed by atoms with Gasteiger partial charge in [-0.2, -0.15) is 0 Å². The normalized spacial score (nSPS) is 44.9. The molecule has 5 rings (SSSR count). The van der Waals surface area contributed by atoms with Gasteiger partial charge in [0.1, 0.15) is 6.10 Å². The zero-order valence-electron chi connectivity index (χ0n) is 28.4. The highest BCUT2D eigenvalue weighted by atomic mass is 16.5. The Balaban J connectivity index is 1.40. The number of carbonyl (C=O) groups is 3. The summed E-state index contributed by atoms with van der Waals surface area (Å²) in [6.45, 7) is 19.5. The van der Waals surface area contributed by atoms with Crippen LogP contribution in [-0.4, -0.2) is 30.6 Å². The lowest BCUT2D eigenvalue weighted by molar-refractivity contribution is -0.305. The fraction of sp³-hybridized carbons (Fsp3) is 0.919. The van der Waals surface area contributed by atoms with Crippen LogP contribution in [0.1, 0.15) is 139 Å². The third kappa shape index (κ3) is 5.17. The predicted octanol–water partition coefficient (Wildman–Crippen LogP) is 7.12. The molecule has 0 spiro atoms. The summed E-state index contributed by atoms with van der Waals surface area (Å²) in [6, 6.07) is 0. The van der Waals surface area contributed by atoms with Crippen LogP contribution in [0.15, 0.2) is 0 Å². The van der Waals surface area contributed by atoms with Gasteiger partial charge >= 0.3 is 11.9 Å². The van der Waals surface area contributed by atoms with E-state index in [0.29, 0.717) is 42.1 Å². The number of hydrogen-bond acceptors (Lipinski definition) is 6. The molecule has 0 aromatic carbocycles. The topological polar surface area (TPSA) is 92.7 Å². The molecule has 244 valence electrons. The SMILES string of the molecule is CC(=O)O[C@H]1CC[C@]2(C)[C@H]3CC[C@H]4[C@H]5[C@H](C(C)C)CC[C@]5(CCOC(=O)CCC(=O)[O-])CC[C@@]4(C)[C@]3(C)CC[C@H]2C1(C)C. The highest BCUT2D eigenvalue weighted by Gasteiger charge is 2.71. The molecule has 43 heavy (non-hydrogen) atoms. The molecule has 6 nitrogen and oxygen atoms in total. The molecule has 0 aromatic rings. The summed E-state index contributed by atoms with van der Waals surface area (Å²) in [4.78, 5) is 35.1. The molecule has 6 heteroatoms. The van der Waals surface area contributed by atoms with Crippen molar-refractivity contribution in [3.8, 4) is 0 Å². The van der Waals surface area contributed by atoms with Gasteiger partial charge < -0.3 is 19.4 Å². The van der Waals surface area contributed by atoms with Crippen LogP contribution in [0.3, 0.4) is 0 Å². The second-order valence-corrected chi connectivity index (χ2v) is 17.3. The third-order valence-corrected chi connectivity index (χ3v) is 15.2. The first kappa shape index (κ1) is 32.8. The Labute approximate surface area is 260 Å². The van der Waals surface area contributed by atoms with Crippen LogP contribution in [0.4, 0.5) is 0 Å². The van der Waals surface area contributed by atoms with Crippen molar-refractivity contribution in [1.82, 2.24) is 0 Å². The molecule has 0 heterocycles. The van der Waals surface area contributed by atoms with Gasteiger partial charge in [-0.3, -0.25) is 9.59 Å². The zero-order valence-corrected chi connectivity index (χ0v) is 28.4. The Bertz CT molecular complexity index is 1100. The number of carbonyl (C=O) groups excluding carboxylic acids is 3. The minimum atomic E-state index is -1.20. The summed E-state index contributed by atoms with van der Waals surface area (Å²) in [5.74, 6) is 2.12. The van der Waals surface area contributed by atoms with Crippen molar-refractivity contribution in [2.45, 2.75) is 145 Å². The number of esters is 2. The highest BCUT2D eigenvalue weighted by Crippen LogP contribution is 2.78. The molecular formula is C37H59O6-. The summed E-state index contributed by atoms with van der Waals surface area (Å²) in [5, 5.41) is 10.8. The molecule has 0 aliphatic heterocycles. The molecular weight excluding hydrogens is 540 g/mol. The average Bonchev–Trinajstić information content (AvgIpc) is 3.29. The molecule has 10 atom stereocenters. The van der Waals surface area contributed by atoms with E-state index in [1.165, 1.54) is 51.4 Å². The van der Waals surface area contributed by atoms with Gasteiger partial charge in [0.15, 0.2) is 0 Å². The largest absolute Gasteiger partial charge is 0.550 e. The predicted molar refractivity (Wildman–Crippen MR) is 164 cm³/mol. The lowest BCUT2D eigenvalue weighted by Gasteiger charge is -2.73. The van der Waals surface area contributed by atoms with Crippen molar-refractivity contribution in [1.29, 1.82) is 0 Å². The standard InChI is InChI=1S/C37H60O6/c1-23(2)25-13-18-37(21-22-42-31(41)12-11-30(39)40)20-19-35(7)26(32(25)37)9-10-28-34(6)16-15-29(43-24(3)38)33(4,5)27(34)14-17-36(28,35)8/h23,25-29,32H,9-22H2,1-8H3,(H,39,40)/p-1/t25-,26-,27-,28+,29-,32+,34-,35+,36+,37+/m0/s1. The van der Waals surface area contributed by atoms with E-state index in [1.54, 1.807) is 6.92 Å². The monoisotopic (exact) mass is 599 g/mol. The zero-order chi connectivity index (χ0) is 31.6. The molecule has 0 radical (unpaired) electrons. The number of carboxylic acids is 1. The van der Waals surface area contributed by atoms with Crippen molar-refractivity contribution in [3.05, 3.63) is 0 Å². The molecule has 0 saturated heterocycles. The lowest BCUT2D eigenvalue weighted by Crippen LogP contribution is -2.66. The van der Waals surface area contributed by atoms with Gasteiger partial charge in [0.25, 0.3) is 0 Å². The molecule has 0 bridgehead atoms. The van der Waals surface area contributed by atoms with Crippen LogP contribution < -0.4 is 5.11 Å². The summed E-state index contributed by atoms with van der Waals surface area (Å²) < 4.78 is 11.6. The van der Waals surface area contributed by atoms with Crippen LogP contribution in [0.2, 0.25) is 0 Å². The Hall–Kier alpha value is -1.59. The average molecular weight is 600 g/mol. The van der Waals surface area contributed by atoms with Gasteiger partial charge in [0.2, 0.25) is 0 Å². The van der Waals surface area contributed by atoms with Gasteiger partial charge in [-0.15, -0.1) is 0 Å². The van der Waals surface area contributed by atoms with E-state index in [4.69, 9.17) is 9.47 Å². The van der Waals surface area contributed by atoms with E-state index in [1.807, 2.05) is 0 Å². The molecule has 5 saturated carbocycles. The summed E-state index contributed by atoms with van der Waals surface area (Å²) >= 11 is 0. The Kier molecular flexibility index (Phi) is 8.64. The molecule has 5 aliphatic carbocycles. The van der Waals surface area contributed by atoms with Gasteiger partial charge in [-0.05, 0) is 134 Å². The second-order valence-electron chi connectivity index (χ2n) is 17.3. The minimum absolute atomic E-state index is 0.00911. The maximum atomic E-state index is 12.3. The first-order chi connectivity index (χ1) is 20.0. The van der Waals surface area contributed by atoms with Crippen LogP contribution in [0, 0.1) is 62.6 Å². The fourth-order valence-electron chi connectivity index (χ4n) is 13.0. The van der Waals surface area contributed by atoms with Crippen molar-refractivity contribution >= 4 is 17.9 Å². The summed E-state index contributed by atoms with van der Waals surface area (Å²) in [6.07, 6.45) is 12.6. The Morgan fingerprint density at radius 3 is 2.19 bits per heavy atom. The lowest BCUT2D eigenvalue weighted by atomic mass is 9.32. The Morgan fingerprint density at radius 2 is 1.53 bits per heavy atom. The van der Waals surface area contributed by atoms with Gasteiger partial charge in [-0.1, -0.05) is 48.5 Å². The molecule has 0 unspecified atom stereocenters. The molecule has 0 N–H and O–H groups in total. The molecule has 0 aromatic heterocycles. The highest BCUT2D eigenvalue weighted by molar-refractivity contribution is 5.75. The van der Waals surface area contributed by atoms with E-state index in [2.05, 4.69) is 48.5 Å². The quantitative estimate of drug-likeness (QED) is 0.276. The van der Waals surface area contributed by atoms with Gasteiger partial charge in [0, 0.05) is 18.3 Å². The maximum Gasteiger partial charge on any atom is 0.306 e. The summed E-state index contributed by atoms with van der Waals surface area (Å²) in [7, 11) is 0. The number of rotatable bonds is 8. The number of fused-ring (bicyclic) bond motifs is 7. The van der Waals surface area contributed by atoms with Crippen LogP contribution in [0.5, 0.6) is 0 Å². The maximum absolute atomic E-state index is 12.3. The van der Waals surface area contributed by atoms with Crippen molar-refractivity contribution < 1.29 is 29.0 Å². The second kappa shape index (κ2) is 11.3. The van der Waals surface area contributed by atoms with Crippen molar-refractivity contribution in [2.24, 2.45) is 62.6 Å². The van der Waals surface area contributed by atoms with E-state index >= 15 is 0 Å². The number of hydrogen-bond donors (Lipinski definition) is 0. The third-order valence-electron chi connectivity index (χ3n) is 15.2. The van der Waals surface area contributed by atoms with Crippen LogP contribution in [0.25, 0.3) is 0 Å². The van der Waals surface area contributed by atoms with Gasteiger partial charge in [-0.25, -0.2) is 0 Å². The molecule has 5 aliphatic rings. The number of ether oxygens (including phenoxy) is 2. The van der Waals surface area contributed by atoms with Crippen molar-refractivity contribution in [3.63, 3.8) is 0 Å². The van der Waals surface area contributed by atoms with Gasteiger partial charge in [0.05, 0.1) is 13.0 Å². The van der Waals surface area contributed by atoms with E-state index in [0.717, 1.165) is 19.3 Å². The smallest absolute Gasteiger partial charge is 0.306 e. The van der Waals surface area contributed by atoms with E-state index in [-0.39, 0.29) is 52.0 Å². The molecule has 5 fully saturated rings. The van der Waals surface area contributed by atoms with Crippen LogP contribution >= 0.6 is 0 Å². The minimum Gasteiger partial charge on any atom is -0.550 e. The number of carboxylic acid groups (broad SMARTS) is 1. The van der Waals surface area contributed by atoms with Crippen LogP contribution in [-0.2, 0) is 23.9 Å². The number of aliphatic carboxylic acids is 1. The first-order valence-electron chi connectivity index (χ1n) is 17.5. The summed E-state index contributed by atoms with van der Waals surface area (Å²) in [5.41, 5.74) is 0.993. The fourth-order valence-corrected chi connectivity index (χ4v) is 13.0.